The number of piperidine rings is 1. The number of methoxy groups -OCH3 is 1. The van der Waals surface area contributed by atoms with Crippen molar-refractivity contribution in [2.45, 2.75) is 26.7 Å². The second-order valence-corrected chi connectivity index (χ2v) is 8.32. The topological polar surface area (TPSA) is 73.7 Å². The summed E-state index contributed by atoms with van der Waals surface area (Å²) in [5.41, 5.74) is 3.24. The molecule has 0 N–H and O–H groups in total. The van der Waals surface area contributed by atoms with E-state index in [1.54, 1.807) is 24.8 Å². The maximum Gasteiger partial charge on any atom is 0.358 e. The van der Waals surface area contributed by atoms with Crippen LogP contribution in [-0.4, -0.2) is 53.4 Å². The van der Waals surface area contributed by atoms with Gasteiger partial charge >= 0.3 is 5.97 Å². The van der Waals surface area contributed by atoms with Crippen molar-refractivity contribution in [3.63, 3.8) is 0 Å². The molecule has 33 heavy (non-hydrogen) atoms. The second kappa shape index (κ2) is 9.90. The molecule has 0 radical (unpaired) electrons. The van der Waals surface area contributed by atoms with Crippen LogP contribution in [-0.2, 0) is 4.74 Å². The predicted octanol–water partition coefficient (Wildman–Crippen LogP) is 4.60. The number of amides is 1. The Balaban J connectivity index is 1.66. The first kappa shape index (κ1) is 22.6. The van der Waals surface area contributed by atoms with Gasteiger partial charge in [0.05, 0.1) is 25.1 Å². The molecule has 2 heterocycles. The zero-order valence-corrected chi connectivity index (χ0v) is 19.3. The van der Waals surface area contributed by atoms with Crippen LogP contribution in [0.1, 0.15) is 47.5 Å². The van der Waals surface area contributed by atoms with Gasteiger partial charge in [0.1, 0.15) is 5.75 Å². The van der Waals surface area contributed by atoms with E-state index in [0.29, 0.717) is 11.5 Å². The molecule has 1 aliphatic rings. The number of benzene rings is 2. The number of ether oxygens (including phenoxy) is 2. The average molecular weight is 448 g/mol. The smallest absolute Gasteiger partial charge is 0.358 e. The molecular formula is C26H29N3O4. The first-order valence-electron chi connectivity index (χ1n) is 11.3. The van der Waals surface area contributed by atoms with Crippen LogP contribution in [0, 0.1) is 5.92 Å². The predicted molar refractivity (Wildman–Crippen MR) is 126 cm³/mol. The zero-order chi connectivity index (χ0) is 23.4. The Hall–Kier alpha value is -3.61. The first-order chi connectivity index (χ1) is 16.0. The summed E-state index contributed by atoms with van der Waals surface area (Å²) in [5.74, 6) is 0.845. The molecule has 0 aliphatic carbocycles. The van der Waals surface area contributed by atoms with Gasteiger partial charge in [0.25, 0.3) is 5.91 Å². The number of rotatable bonds is 6. The third-order valence-corrected chi connectivity index (χ3v) is 5.88. The summed E-state index contributed by atoms with van der Waals surface area (Å²) >= 11 is 0. The number of esters is 1. The number of hydrogen-bond donors (Lipinski definition) is 0. The molecule has 1 saturated heterocycles. The highest BCUT2D eigenvalue weighted by Gasteiger charge is 2.22. The fourth-order valence-corrected chi connectivity index (χ4v) is 4.15. The lowest BCUT2D eigenvalue weighted by Gasteiger charge is -2.31. The van der Waals surface area contributed by atoms with Crippen LogP contribution in [0.4, 0.5) is 0 Å². The van der Waals surface area contributed by atoms with E-state index >= 15 is 0 Å². The molecule has 0 saturated carbocycles. The standard InChI is InChI=1S/C26H29N3O4/c1-4-33-26(31)23-16-24(19-9-13-22(32-3)14-10-19)29(27-23)21-11-7-20(8-12-21)25(30)28-15-5-6-18(2)17-28/h7-14,16,18H,4-6,15,17H2,1-3H3/t18-/m0/s1. The third kappa shape index (κ3) is 4.92. The van der Waals surface area contributed by atoms with E-state index in [4.69, 9.17) is 9.47 Å². The molecule has 7 heteroatoms. The van der Waals surface area contributed by atoms with Crippen LogP contribution in [0.5, 0.6) is 5.75 Å². The SMILES string of the molecule is CCOC(=O)c1cc(-c2ccc(OC)cc2)n(-c2ccc(C(=O)N3CCC[C@H](C)C3)cc2)n1. The molecule has 1 atom stereocenters. The Labute approximate surface area is 193 Å². The number of carbonyl (C=O) groups is 2. The molecule has 0 bridgehead atoms. The number of likely N-dealkylation sites (tertiary alicyclic amines) is 1. The molecule has 172 valence electrons. The Kier molecular flexibility index (Phi) is 6.77. The number of carbonyl (C=O) groups excluding carboxylic acids is 2. The van der Waals surface area contributed by atoms with Crippen LogP contribution in [0.2, 0.25) is 0 Å². The quantitative estimate of drug-likeness (QED) is 0.517. The van der Waals surface area contributed by atoms with Crippen molar-refractivity contribution in [1.29, 1.82) is 0 Å². The molecule has 0 unspecified atom stereocenters. The van der Waals surface area contributed by atoms with Gasteiger partial charge < -0.3 is 14.4 Å². The van der Waals surface area contributed by atoms with E-state index in [0.717, 1.165) is 42.2 Å². The first-order valence-corrected chi connectivity index (χ1v) is 11.3. The lowest BCUT2D eigenvalue weighted by atomic mass is 9.99. The molecule has 7 nitrogen and oxygen atoms in total. The van der Waals surface area contributed by atoms with Crippen molar-refractivity contribution < 1.29 is 19.1 Å². The van der Waals surface area contributed by atoms with E-state index < -0.39 is 5.97 Å². The van der Waals surface area contributed by atoms with Gasteiger partial charge in [0, 0.05) is 24.2 Å². The molecular weight excluding hydrogens is 418 g/mol. The maximum absolute atomic E-state index is 12.9. The van der Waals surface area contributed by atoms with Crippen molar-refractivity contribution in [2.24, 2.45) is 5.92 Å². The van der Waals surface area contributed by atoms with Crippen LogP contribution < -0.4 is 4.74 Å². The Morgan fingerprint density at radius 3 is 2.45 bits per heavy atom. The van der Waals surface area contributed by atoms with Crippen LogP contribution in [0.15, 0.2) is 54.6 Å². The van der Waals surface area contributed by atoms with Gasteiger partial charge in [-0.05, 0) is 80.3 Å². The summed E-state index contributed by atoms with van der Waals surface area (Å²) < 4.78 is 12.1. The summed E-state index contributed by atoms with van der Waals surface area (Å²) in [6.45, 7) is 5.81. The Morgan fingerprint density at radius 1 is 1.09 bits per heavy atom. The Morgan fingerprint density at radius 2 is 1.82 bits per heavy atom. The molecule has 2 aromatic carbocycles. The van der Waals surface area contributed by atoms with Gasteiger partial charge in [-0.2, -0.15) is 5.10 Å². The molecule has 4 rings (SSSR count). The van der Waals surface area contributed by atoms with E-state index in [2.05, 4.69) is 12.0 Å². The summed E-state index contributed by atoms with van der Waals surface area (Å²) in [7, 11) is 1.62. The fraction of sp³-hybridized carbons (Fsp3) is 0.346. The largest absolute Gasteiger partial charge is 0.497 e. The highest BCUT2D eigenvalue weighted by Crippen LogP contribution is 2.27. The lowest BCUT2D eigenvalue weighted by Crippen LogP contribution is -2.39. The molecule has 1 fully saturated rings. The summed E-state index contributed by atoms with van der Waals surface area (Å²) in [6, 6.07) is 16.6. The van der Waals surface area contributed by atoms with Gasteiger partial charge in [-0.3, -0.25) is 4.79 Å². The van der Waals surface area contributed by atoms with Crippen LogP contribution in [0.25, 0.3) is 16.9 Å². The van der Waals surface area contributed by atoms with Gasteiger partial charge in [0.2, 0.25) is 0 Å². The summed E-state index contributed by atoms with van der Waals surface area (Å²) in [5, 5.41) is 4.51. The normalized spacial score (nSPS) is 15.8. The minimum atomic E-state index is -0.475. The number of nitrogens with zero attached hydrogens (tertiary/aromatic N) is 3. The molecule has 3 aromatic rings. The van der Waals surface area contributed by atoms with Crippen molar-refractivity contribution in [3.05, 3.63) is 65.9 Å². The van der Waals surface area contributed by atoms with Crippen LogP contribution in [0.3, 0.4) is 0 Å². The number of aromatic nitrogens is 2. The molecule has 1 aromatic heterocycles. The van der Waals surface area contributed by atoms with E-state index in [-0.39, 0.29) is 18.2 Å². The van der Waals surface area contributed by atoms with Crippen molar-refractivity contribution >= 4 is 11.9 Å². The van der Waals surface area contributed by atoms with Gasteiger partial charge in [-0.15, -0.1) is 0 Å². The fourth-order valence-electron chi connectivity index (χ4n) is 4.15. The third-order valence-electron chi connectivity index (χ3n) is 5.88. The van der Waals surface area contributed by atoms with Crippen molar-refractivity contribution in [3.8, 4) is 22.7 Å². The van der Waals surface area contributed by atoms with E-state index in [9.17, 15) is 9.59 Å². The number of hydrogen-bond acceptors (Lipinski definition) is 5. The van der Waals surface area contributed by atoms with E-state index in [1.807, 2.05) is 53.4 Å². The maximum atomic E-state index is 12.9. The second-order valence-electron chi connectivity index (χ2n) is 8.32. The zero-order valence-electron chi connectivity index (χ0n) is 19.3. The van der Waals surface area contributed by atoms with Crippen molar-refractivity contribution in [2.75, 3.05) is 26.8 Å². The summed E-state index contributed by atoms with van der Waals surface area (Å²) in [6.07, 6.45) is 2.21. The monoisotopic (exact) mass is 447 g/mol. The van der Waals surface area contributed by atoms with E-state index in [1.165, 1.54) is 6.42 Å². The highest BCUT2D eigenvalue weighted by molar-refractivity contribution is 5.94. The summed E-state index contributed by atoms with van der Waals surface area (Å²) in [4.78, 5) is 27.2. The molecule has 1 aliphatic heterocycles. The van der Waals surface area contributed by atoms with Crippen LogP contribution >= 0.6 is 0 Å². The highest BCUT2D eigenvalue weighted by atomic mass is 16.5. The minimum absolute atomic E-state index is 0.0520. The lowest BCUT2D eigenvalue weighted by molar-refractivity contribution is 0.0518. The van der Waals surface area contributed by atoms with Gasteiger partial charge in [-0.1, -0.05) is 6.92 Å². The minimum Gasteiger partial charge on any atom is -0.497 e. The molecule has 0 spiro atoms. The molecule has 1 amide bonds. The Bertz CT molecular complexity index is 1120. The van der Waals surface area contributed by atoms with Crippen molar-refractivity contribution in [1.82, 2.24) is 14.7 Å². The average Bonchev–Trinajstić information content (AvgIpc) is 3.29. The van der Waals surface area contributed by atoms with Gasteiger partial charge in [0.15, 0.2) is 5.69 Å². The van der Waals surface area contributed by atoms with Gasteiger partial charge in [-0.25, -0.2) is 9.48 Å².